The van der Waals surface area contributed by atoms with E-state index in [1.54, 1.807) is 12.0 Å². The molecule has 0 spiro atoms. The van der Waals surface area contributed by atoms with Gasteiger partial charge in [-0.1, -0.05) is 30.3 Å². The number of carbonyl (C=O) groups excluding carboxylic acids is 1. The summed E-state index contributed by atoms with van der Waals surface area (Å²) in [5.74, 6) is -0.00651. The molecule has 134 valence electrons. The average molecular weight is 360 g/mol. The summed E-state index contributed by atoms with van der Waals surface area (Å²) in [6, 6.07) is 14.0. The van der Waals surface area contributed by atoms with Gasteiger partial charge in [0, 0.05) is 44.7 Å². The number of benzene rings is 1. The lowest BCUT2D eigenvalue weighted by Gasteiger charge is -2.21. The maximum absolute atomic E-state index is 12.7. The van der Waals surface area contributed by atoms with Gasteiger partial charge in [-0.3, -0.25) is 9.69 Å². The molecule has 25 heavy (non-hydrogen) atoms. The third kappa shape index (κ3) is 4.89. The molecule has 1 aliphatic rings. The number of thiophene rings is 1. The Hall–Kier alpha value is -1.73. The van der Waals surface area contributed by atoms with Gasteiger partial charge in [0.05, 0.1) is 17.6 Å². The fourth-order valence-corrected chi connectivity index (χ4v) is 4.04. The standard InChI is InChI=1S/C19H24N2O3S/c1-24-14-17-7-8-18(25-17)19(23)21-10-9-20(12-16(22)13-21)11-15-5-3-2-4-6-15/h2-8,16,22H,9-14H2,1H3/t16-/m1/s1. The van der Waals surface area contributed by atoms with Crippen LogP contribution in [0.5, 0.6) is 0 Å². The van der Waals surface area contributed by atoms with Gasteiger partial charge < -0.3 is 14.7 Å². The van der Waals surface area contributed by atoms with Crippen molar-refractivity contribution in [2.45, 2.75) is 19.3 Å². The van der Waals surface area contributed by atoms with Crippen molar-refractivity contribution in [1.29, 1.82) is 0 Å². The van der Waals surface area contributed by atoms with Gasteiger partial charge in [0.15, 0.2) is 0 Å². The van der Waals surface area contributed by atoms with Crippen LogP contribution in [0.4, 0.5) is 0 Å². The van der Waals surface area contributed by atoms with E-state index in [2.05, 4.69) is 17.0 Å². The van der Waals surface area contributed by atoms with Crippen LogP contribution in [0.1, 0.15) is 20.1 Å². The van der Waals surface area contributed by atoms with Crippen LogP contribution in [-0.4, -0.2) is 60.2 Å². The molecule has 0 saturated carbocycles. The first-order chi connectivity index (χ1) is 12.2. The molecular weight excluding hydrogens is 336 g/mol. The largest absolute Gasteiger partial charge is 0.390 e. The van der Waals surface area contributed by atoms with E-state index in [4.69, 9.17) is 4.74 Å². The van der Waals surface area contributed by atoms with E-state index < -0.39 is 6.10 Å². The highest BCUT2D eigenvalue weighted by Crippen LogP contribution is 2.20. The molecule has 6 heteroatoms. The number of hydrogen-bond donors (Lipinski definition) is 1. The molecule has 0 unspecified atom stereocenters. The Bertz CT molecular complexity index is 689. The van der Waals surface area contributed by atoms with Crippen molar-refractivity contribution < 1.29 is 14.6 Å². The fourth-order valence-electron chi connectivity index (χ4n) is 3.09. The first-order valence-electron chi connectivity index (χ1n) is 8.47. The Kier molecular flexibility index (Phi) is 6.20. The molecule has 1 aromatic carbocycles. The van der Waals surface area contributed by atoms with Crippen LogP contribution in [0.3, 0.4) is 0 Å². The van der Waals surface area contributed by atoms with Gasteiger partial charge in [-0.15, -0.1) is 11.3 Å². The van der Waals surface area contributed by atoms with Gasteiger partial charge in [0.1, 0.15) is 0 Å². The molecule has 0 aliphatic carbocycles. The summed E-state index contributed by atoms with van der Waals surface area (Å²) in [5.41, 5.74) is 1.22. The Labute approximate surface area is 152 Å². The Morgan fingerprint density at radius 3 is 2.76 bits per heavy atom. The molecule has 2 heterocycles. The normalized spacial score (nSPS) is 19.0. The van der Waals surface area contributed by atoms with Gasteiger partial charge in [-0.25, -0.2) is 0 Å². The lowest BCUT2D eigenvalue weighted by Crippen LogP contribution is -2.37. The van der Waals surface area contributed by atoms with E-state index >= 15 is 0 Å². The van der Waals surface area contributed by atoms with Crippen molar-refractivity contribution in [3.05, 3.63) is 57.8 Å². The number of aliphatic hydroxyl groups excluding tert-OH is 1. The highest BCUT2D eigenvalue weighted by molar-refractivity contribution is 7.14. The summed E-state index contributed by atoms with van der Waals surface area (Å²) in [5, 5.41) is 10.3. The third-order valence-corrected chi connectivity index (χ3v) is 5.33. The average Bonchev–Trinajstić information content (AvgIpc) is 2.99. The molecule has 0 bridgehead atoms. The zero-order valence-corrected chi connectivity index (χ0v) is 15.2. The molecule has 5 nitrogen and oxygen atoms in total. The smallest absolute Gasteiger partial charge is 0.264 e. The maximum Gasteiger partial charge on any atom is 0.264 e. The minimum atomic E-state index is -0.534. The van der Waals surface area contributed by atoms with Crippen molar-refractivity contribution in [2.24, 2.45) is 0 Å². The number of hydrogen-bond acceptors (Lipinski definition) is 5. The first-order valence-corrected chi connectivity index (χ1v) is 9.28. The second kappa shape index (κ2) is 8.58. The van der Waals surface area contributed by atoms with Crippen LogP contribution >= 0.6 is 11.3 Å². The van der Waals surface area contributed by atoms with Crippen molar-refractivity contribution in [2.75, 3.05) is 33.3 Å². The molecule has 1 aromatic heterocycles. The summed E-state index contributed by atoms with van der Waals surface area (Å²) < 4.78 is 5.11. The molecule has 3 rings (SSSR count). The zero-order chi connectivity index (χ0) is 17.6. The lowest BCUT2D eigenvalue weighted by atomic mass is 10.2. The predicted octanol–water partition coefficient (Wildman–Crippen LogP) is 2.21. The second-order valence-corrected chi connectivity index (χ2v) is 7.49. The van der Waals surface area contributed by atoms with Crippen molar-refractivity contribution in [1.82, 2.24) is 9.80 Å². The number of carbonyl (C=O) groups is 1. The van der Waals surface area contributed by atoms with Gasteiger partial charge >= 0.3 is 0 Å². The van der Waals surface area contributed by atoms with Crippen LogP contribution < -0.4 is 0 Å². The molecule has 0 radical (unpaired) electrons. The number of nitrogens with zero attached hydrogens (tertiary/aromatic N) is 2. The SMILES string of the molecule is COCc1ccc(C(=O)N2CCN(Cc3ccccc3)C[C@@H](O)C2)s1. The molecule has 1 aliphatic heterocycles. The van der Waals surface area contributed by atoms with Crippen LogP contribution in [0.2, 0.25) is 0 Å². The van der Waals surface area contributed by atoms with E-state index in [1.165, 1.54) is 16.9 Å². The van der Waals surface area contributed by atoms with E-state index in [9.17, 15) is 9.90 Å². The Balaban J connectivity index is 1.62. The molecule has 1 atom stereocenters. The summed E-state index contributed by atoms with van der Waals surface area (Å²) in [6.07, 6.45) is -0.534. The Morgan fingerprint density at radius 2 is 2.00 bits per heavy atom. The summed E-state index contributed by atoms with van der Waals surface area (Å²) in [4.78, 5) is 18.5. The minimum absolute atomic E-state index is 0.00651. The first kappa shape index (κ1) is 18.1. The van der Waals surface area contributed by atoms with Crippen LogP contribution in [-0.2, 0) is 17.9 Å². The van der Waals surface area contributed by atoms with E-state index in [0.29, 0.717) is 31.1 Å². The second-order valence-electron chi connectivity index (χ2n) is 6.32. The topological polar surface area (TPSA) is 53.0 Å². The van der Waals surface area contributed by atoms with Crippen LogP contribution in [0.15, 0.2) is 42.5 Å². The highest BCUT2D eigenvalue weighted by Gasteiger charge is 2.26. The lowest BCUT2D eigenvalue weighted by molar-refractivity contribution is 0.0667. The van der Waals surface area contributed by atoms with Crippen LogP contribution in [0.25, 0.3) is 0 Å². The maximum atomic E-state index is 12.7. The Morgan fingerprint density at radius 1 is 1.20 bits per heavy atom. The summed E-state index contributed by atoms with van der Waals surface area (Å²) in [7, 11) is 1.65. The van der Waals surface area contributed by atoms with Gasteiger partial charge in [0.25, 0.3) is 5.91 Å². The van der Waals surface area contributed by atoms with Gasteiger partial charge in [0.2, 0.25) is 0 Å². The number of aliphatic hydroxyl groups is 1. The predicted molar refractivity (Wildman–Crippen MR) is 98.7 cm³/mol. The van der Waals surface area contributed by atoms with E-state index in [1.807, 2.05) is 30.3 Å². The number of methoxy groups -OCH3 is 1. The van der Waals surface area contributed by atoms with E-state index in [-0.39, 0.29) is 5.91 Å². The zero-order valence-electron chi connectivity index (χ0n) is 14.4. The third-order valence-electron chi connectivity index (χ3n) is 4.28. The molecule has 1 amide bonds. The molecular formula is C19H24N2O3S. The number of amides is 1. The van der Waals surface area contributed by atoms with Crippen molar-refractivity contribution in [3.63, 3.8) is 0 Å². The number of ether oxygens (including phenoxy) is 1. The quantitative estimate of drug-likeness (QED) is 0.888. The number of rotatable bonds is 5. The monoisotopic (exact) mass is 360 g/mol. The molecule has 1 N–H and O–H groups in total. The fraction of sp³-hybridized carbons (Fsp3) is 0.421. The molecule has 1 fully saturated rings. The minimum Gasteiger partial charge on any atom is -0.390 e. The van der Waals surface area contributed by atoms with Crippen molar-refractivity contribution >= 4 is 17.2 Å². The molecule has 1 saturated heterocycles. The van der Waals surface area contributed by atoms with Crippen molar-refractivity contribution in [3.8, 4) is 0 Å². The number of β-amino-alcohol motifs (C(OH)–C–C–N with tert-alkyl or cyclic N) is 1. The summed E-state index contributed by atoms with van der Waals surface area (Å²) >= 11 is 1.46. The molecule has 2 aromatic rings. The highest BCUT2D eigenvalue weighted by atomic mass is 32.1. The van der Waals surface area contributed by atoms with E-state index in [0.717, 1.165) is 18.0 Å². The summed E-state index contributed by atoms with van der Waals surface area (Å²) in [6.45, 7) is 3.65. The van der Waals surface area contributed by atoms with Crippen LogP contribution in [0, 0.1) is 0 Å². The van der Waals surface area contributed by atoms with Gasteiger partial charge in [-0.2, -0.15) is 0 Å². The van der Waals surface area contributed by atoms with Gasteiger partial charge in [-0.05, 0) is 17.7 Å².